The van der Waals surface area contributed by atoms with Crippen LogP contribution in [0.25, 0.3) is 0 Å². The zero-order chi connectivity index (χ0) is 16.0. The Balaban J connectivity index is 1.75. The van der Waals surface area contributed by atoms with Crippen LogP contribution in [-0.2, 0) is 19.9 Å². The lowest BCUT2D eigenvalue weighted by molar-refractivity contribution is 0.124. The quantitative estimate of drug-likeness (QED) is 0.756. The molecule has 9 heteroatoms. The van der Waals surface area contributed by atoms with E-state index < -0.39 is 24.6 Å². The number of pyridine rings is 1. The van der Waals surface area contributed by atoms with Crippen LogP contribution in [0.2, 0.25) is 0 Å². The van der Waals surface area contributed by atoms with E-state index in [1.807, 2.05) is 0 Å². The highest BCUT2D eigenvalue weighted by atomic mass is 32.2. The number of sulfone groups is 1. The standard InChI is InChI=1S/C13H18N2O5S2/c1-21(16,17)15-9-13(10-15)11(5-7-22(13,18)19)8-20-12-4-2-3-6-14-12/h2-4,6,11H,5,7-10H2,1H3. The molecule has 7 nitrogen and oxygen atoms in total. The van der Waals surface area contributed by atoms with Crippen molar-refractivity contribution < 1.29 is 21.6 Å². The minimum atomic E-state index is -3.35. The number of aromatic nitrogens is 1. The molecule has 1 unspecified atom stereocenters. The summed E-state index contributed by atoms with van der Waals surface area (Å²) in [6.07, 6.45) is 3.19. The van der Waals surface area contributed by atoms with Gasteiger partial charge in [0.15, 0.2) is 9.84 Å². The molecule has 122 valence electrons. The Hall–Kier alpha value is -1.19. The van der Waals surface area contributed by atoms with Crippen LogP contribution in [0.3, 0.4) is 0 Å². The normalized spacial score (nSPS) is 26.7. The monoisotopic (exact) mass is 346 g/mol. The smallest absolute Gasteiger partial charge is 0.213 e. The average molecular weight is 346 g/mol. The minimum Gasteiger partial charge on any atom is -0.477 e. The van der Waals surface area contributed by atoms with Gasteiger partial charge in [-0.25, -0.2) is 21.8 Å². The van der Waals surface area contributed by atoms with Gasteiger partial charge in [0.2, 0.25) is 15.9 Å². The number of hydrogen-bond acceptors (Lipinski definition) is 6. The summed E-state index contributed by atoms with van der Waals surface area (Å²) in [5.74, 6) is 0.319. The molecule has 1 spiro atoms. The summed E-state index contributed by atoms with van der Waals surface area (Å²) >= 11 is 0. The second kappa shape index (κ2) is 5.17. The van der Waals surface area contributed by atoms with E-state index in [0.29, 0.717) is 12.3 Å². The SMILES string of the molecule is CS(=O)(=O)N1CC2(C1)C(COc1ccccn1)CCS2(=O)=O. The fraction of sp³-hybridized carbons (Fsp3) is 0.615. The number of sulfonamides is 1. The van der Waals surface area contributed by atoms with Crippen molar-refractivity contribution in [2.75, 3.05) is 31.7 Å². The lowest BCUT2D eigenvalue weighted by Gasteiger charge is -2.48. The molecule has 2 saturated heterocycles. The van der Waals surface area contributed by atoms with Crippen LogP contribution in [-0.4, -0.2) is 62.6 Å². The van der Waals surface area contributed by atoms with Crippen LogP contribution in [0.5, 0.6) is 5.88 Å². The zero-order valence-corrected chi connectivity index (χ0v) is 13.8. The van der Waals surface area contributed by atoms with Crippen molar-refractivity contribution in [1.29, 1.82) is 0 Å². The summed E-state index contributed by atoms with van der Waals surface area (Å²) in [7, 11) is -6.66. The zero-order valence-electron chi connectivity index (χ0n) is 12.2. The van der Waals surface area contributed by atoms with Gasteiger partial charge < -0.3 is 4.74 Å². The van der Waals surface area contributed by atoms with Gasteiger partial charge in [-0.15, -0.1) is 0 Å². The summed E-state index contributed by atoms with van der Waals surface area (Å²) in [6, 6.07) is 5.27. The molecule has 22 heavy (non-hydrogen) atoms. The van der Waals surface area contributed by atoms with Gasteiger partial charge in [0.25, 0.3) is 0 Å². The van der Waals surface area contributed by atoms with E-state index in [1.165, 1.54) is 4.31 Å². The molecule has 0 N–H and O–H groups in total. The maximum absolute atomic E-state index is 12.4. The van der Waals surface area contributed by atoms with Crippen molar-refractivity contribution in [2.45, 2.75) is 11.2 Å². The first-order chi connectivity index (χ1) is 10.2. The first kappa shape index (κ1) is 15.7. The summed E-state index contributed by atoms with van der Waals surface area (Å²) in [6.45, 7) is 0.294. The van der Waals surface area contributed by atoms with Crippen LogP contribution < -0.4 is 4.74 Å². The molecule has 0 aromatic carbocycles. The molecule has 1 aromatic heterocycles. The molecular weight excluding hydrogens is 328 g/mol. The van der Waals surface area contributed by atoms with E-state index in [4.69, 9.17) is 4.74 Å². The van der Waals surface area contributed by atoms with E-state index in [0.717, 1.165) is 6.26 Å². The van der Waals surface area contributed by atoms with E-state index in [9.17, 15) is 16.8 Å². The molecule has 1 aromatic rings. The third-order valence-electron chi connectivity index (χ3n) is 4.53. The van der Waals surface area contributed by atoms with Crippen LogP contribution in [0.1, 0.15) is 6.42 Å². The minimum absolute atomic E-state index is 0.0322. The maximum atomic E-state index is 12.4. The molecule has 2 aliphatic rings. The predicted octanol–water partition coefficient (Wildman–Crippen LogP) is -0.0909. The Kier molecular flexibility index (Phi) is 3.69. The Labute approximate surface area is 130 Å². The molecule has 2 fully saturated rings. The second-order valence-corrected chi connectivity index (χ2v) is 10.3. The maximum Gasteiger partial charge on any atom is 0.213 e. The van der Waals surface area contributed by atoms with Crippen LogP contribution in [0.4, 0.5) is 0 Å². The molecule has 0 amide bonds. The van der Waals surface area contributed by atoms with E-state index in [2.05, 4.69) is 4.98 Å². The van der Waals surface area contributed by atoms with Gasteiger partial charge in [0.1, 0.15) is 4.75 Å². The molecule has 2 aliphatic heterocycles. The van der Waals surface area contributed by atoms with Crippen molar-refractivity contribution >= 4 is 19.9 Å². The predicted molar refractivity (Wildman–Crippen MR) is 80.8 cm³/mol. The van der Waals surface area contributed by atoms with E-state index in [-0.39, 0.29) is 31.4 Å². The summed E-state index contributed by atoms with van der Waals surface area (Å²) in [4.78, 5) is 4.04. The molecule has 0 radical (unpaired) electrons. The Bertz CT molecular complexity index is 755. The largest absolute Gasteiger partial charge is 0.477 e. The highest BCUT2D eigenvalue weighted by Gasteiger charge is 2.63. The first-order valence-corrected chi connectivity index (χ1v) is 10.5. The Morgan fingerprint density at radius 3 is 2.73 bits per heavy atom. The number of ether oxygens (including phenoxy) is 1. The molecule has 3 heterocycles. The molecule has 0 bridgehead atoms. The summed E-state index contributed by atoms with van der Waals surface area (Å²) < 4.78 is 53.6. The molecule has 3 rings (SSSR count). The van der Waals surface area contributed by atoms with E-state index in [1.54, 1.807) is 24.4 Å². The van der Waals surface area contributed by atoms with Crippen LogP contribution in [0.15, 0.2) is 24.4 Å². The molecule has 0 aliphatic carbocycles. The number of rotatable bonds is 4. The van der Waals surface area contributed by atoms with E-state index >= 15 is 0 Å². The fourth-order valence-electron chi connectivity index (χ4n) is 3.11. The van der Waals surface area contributed by atoms with Crippen LogP contribution >= 0.6 is 0 Å². The van der Waals surface area contributed by atoms with Crippen molar-refractivity contribution in [3.8, 4) is 5.88 Å². The van der Waals surface area contributed by atoms with Crippen molar-refractivity contribution in [2.24, 2.45) is 5.92 Å². The van der Waals surface area contributed by atoms with Crippen LogP contribution in [0, 0.1) is 5.92 Å². The van der Waals surface area contributed by atoms with Gasteiger partial charge in [0.05, 0.1) is 18.6 Å². The van der Waals surface area contributed by atoms with Crippen molar-refractivity contribution in [3.63, 3.8) is 0 Å². The van der Waals surface area contributed by atoms with Gasteiger partial charge in [-0.1, -0.05) is 6.07 Å². The van der Waals surface area contributed by atoms with Gasteiger partial charge >= 0.3 is 0 Å². The molecule has 0 saturated carbocycles. The van der Waals surface area contributed by atoms with Crippen molar-refractivity contribution in [1.82, 2.24) is 9.29 Å². The topological polar surface area (TPSA) is 93.6 Å². The van der Waals surface area contributed by atoms with Gasteiger partial charge in [-0.2, -0.15) is 4.31 Å². The first-order valence-electron chi connectivity index (χ1n) is 6.96. The number of nitrogens with zero attached hydrogens (tertiary/aromatic N) is 2. The summed E-state index contributed by atoms with van der Waals surface area (Å²) in [5.41, 5.74) is 0. The van der Waals surface area contributed by atoms with Gasteiger partial charge in [-0.3, -0.25) is 0 Å². The highest BCUT2D eigenvalue weighted by Crippen LogP contribution is 2.45. The van der Waals surface area contributed by atoms with Gasteiger partial charge in [-0.05, 0) is 12.5 Å². The molecule has 1 atom stereocenters. The Morgan fingerprint density at radius 1 is 1.41 bits per heavy atom. The lowest BCUT2D eigenvalue weighted by Crippen LogP contribution is -2.68. The number of hydrogen-bond donors (Lipinski definition) is 0. The Morgan fingerprint density at radius 2 is 2.14 bits per heavy atom. The summed E-state index contributed by atoms with van der Waals surface area (Å²) in [5, 5.41) is 0. The second-order valence-electron chi connectivity index (χ2n) is 5.88. The fourth-order valence-corrected chi connectivity index (χ4v) is 6.60. The van der Waals surface area contributed by atoms with Crippen molar-refractivity contribution in [3.05, 3.63) is 24.4 Å². The highest BCUT2D eigenvalue weighted by molar-refractivity contribution is 7.93. The van der Waals surface area contributed by atoms with Gasteiger partial charge in [0, 0.05) is 31.3 Å². The average Bonchev–Trinajstić information content (AvgIpc) is 2.66. The third-order valence-corrected chi connectivity index (χ3v) is 8.33. The lowest BCUT2D eigenvalue weighted by atomic mass is 9.85. The third kappa shape index (κ3) is 2.50. The molecular formula is C13H18N2O5S2.